The van der Waals surface area contributed by atoms with Crippen molar-refractivity contribution >= 4 is 11.7 Å². The van der Waals surface area contributed by atoms with Crippen molar-refractivity contribution in [2.24, 2.45) is 5.16 Å². The number of hydrogen-bond acceptors (Lipinski definition) is 4. The van der Waals surface area contributed by atoms with Crippen LogP contribution >= 0.6 is 0 Å². The minimum absolute atomic E-state index is 0.0113. The van der Waals surface area contributed by atoms with Crippen LogP contribution in [0, 0.1) is 6.92 Å². The van der Waals surface area contributed by atoms with Crippen LogP contribution in [0.3, 0.4) is 0 Å². The topological polar surface area (TPSA) is 47.9 Å². The van der Waals surface area contributed by atoms with E-state index in [-0.39, 0.29) is 16.6 Å². The summed E-state index contributed by atoms with van der Waals surface area (Å²) >= 11 is 0. The molecule has 0 fully saturated rings. The fourth-order valence-corrected chi connectivity index (χ4v) is 4.87. The zero-order valence-electron chi connectivity index (χ0n) is 22.1. The highest BCUT2D eigenvalue weighted by Gasteiger charge is 2.38. The highest BCUT2D eigenvalue weighted by molar-refractivity contribution is 6.16. The number of rotatable bonds is 9. The summed E-state index contributed by atoms with van der Waals surface area (Å²) in [7, 11) is 1.56. The summed E-state index contributed by atoms with van der Waals surface area (Å²) in [4.78, 5) is 19.4. The average molecular weight is 464 g/mol. The molecule has 0 aromatic heterocycles. The van der Waals surface area contributed by atoms with E-state index < -0.39 is 0 Å². The van der Waals surface area contributed by atoms with Gasteiger partial charge in [0, 0.05) is 11.1 Å². The number of carbonyl (C=O) groups excluding carboxylic acids is 1. The Labute approximate surface area is 205 Å². The molecule has 1 aliphatic carbocycles. The van der Waals surface area contributed by atoms with Crippen LogP contribution in [0.25, 0.3) is 0 Å². The van der Waals surface area contributed by atoms with E-state index in [0.717, 1.165) is 36.8 Å². The summed E-state index contributed by atoms with van der Waals surface area (Å²) in [6.07, 6.45) is 6.70. The molecule has 184 valence electrons. The van der Waals surface area contributed by atoms with Crippen molar-refractivity contribution in [1.29, 1.82) is 0 Å². The van der Waals surface area contributed by atoms with Gasteiger partial charge in [-0.05, 0) is 77.4 Å². The first-order valence-corrected chi connectivity index (χ1v) is 12.7. The van der Waals surface area contributed by atoms with Crippen molar-refractivity contribution in [2.75, 3.05) is 13.7 Å². The van der Waals surface area contributed by atoms with E-state index in [1.165, 1.54) is 24.0 Å². The van der Waals surface area contributed by atoms with E-state index in [1.807, 2.05) is 31.2 Å². The molecule has 0 heterocycles. The number of benzene rings is 2. The van der Waals surface area contributed by atoms with Gasteiger partial charge in [0.2, 0.25) is 0 Å². The maximum absolute atomic E-state index is 13.9. The van der Waals surface area contributed by atoms with Crippen LogP contribution in [0.1, 0.15) is 111 Å². The Balaban J connectivity index is 1.96. The number of methoxy groups -OCH3 is 1. The molecule has 0 unspecified atom stereocenters. The molecule has 0 bridgehead atoms. The number of aryl methyl sites for hydroxylation is 1. The Morgan fingerprint density at radius 2 is 1.53 bits per heavy atom. The van der Waals surface area contributed by atoms with Crippen LogP contribution in [0.5, 0.6) is 0 Å². The number of unbranched alkanes of at least 4 members (excludes halogenated alkanes) is 3. The lowest BCUT2D eigenvalue weighted by Gasteiger charge is -2.42. The molecule has 0 aliphatic heterocycles. The van der Waals surface area contributed by atoms with Gasteiger partial charge in [0.1, 0.15) is 6.61 Å². The predicted molar refractivity (Wildman–Crippen MR) is 140 cm³/mol. The number of ether oxygens (including phenoxy) is 1. The fraction of sp³-hybridized carbons (Fsp3) is 0.533. The zero-order valence-corrected chi connectivity index (χ0v) is 22.1. The second-order valence-corrected chi connectivity index (χ2v) is 10.8. The van der Waals surface area contributed by atoms with Gasteiger partial charge in [0.05, 0.1) is 12.7 Å². The number of hydrogen-bond donors (Lipinski definition) is 0. The van der Waals surface area contributed by atoms with Gasteiger partial charge in [-0.25, -0.2) is 0 Å². The summed E-state index contributed by atoms with van der Waals surface area (Å²) in [5.74, 6) is 0.319. The van der Waals surface area contributed by atoms with Gasteiger partial charge in [-0.2, -0.15) is 0 Å². The first-order chi connectivity index (χ1) is 16.1. The third-order valence-electron chi connectivity index (χ3n) is 7.27. The van der Waals surface area contributed by atoms with Gasteiger partial charge in [-0.15, -0.1) is 0 Å². The van der Waals surface area contributed by atoms with Crippen LogP contribution < -0.4 is 0 Å². The normalized spacial score (nSPS) is 16.6. The molecule has 34 heavy (non-hydrogen) atoms. The minimum Gasteiger partial charge on any atom is -0.478 e. The number of ketones is 1. The molecule has 4 nitrogen and oxygen atoms in total. The van der Waals surface area contributed by atoms with Gasteiger partial charge in [-0.1, -0.05) is 71.7 Å². The quantitative estimate of drug-likeness (QED) is 0.127. The van der Waals surface area contributed by atoms with Crippen molar-refractivity contribution in [3.8, 4) is 0 Å². The van der Waals surface area contributed by atoms with Gasteiger partial charge in [0.25, 0.3) is 5.90 Å². The summed E-state index contributed by atoms with van der Waals surface area (Å²) in [5, 5.41) is 4.22. The Morgan fingerprint density at radius 1 is 0.912 bits per heavy atom. The molecule has 0 atom stereocenters. The van der Waals surface area contributed by atoms with Crippen LogP contribution in [0.4, 0.5) is 0 Å². The van der Waals surface area contributed by atoms with Crippen molar-refractivity contribution in [2.45, 2.75) is 90.9 Å². The van der Waals surface area contributed by atoms with Gasteiger partial charge in [-0.3, -0.25) is 4.79 Å². The van der Waals surface area contributed by atoms with E-state index in [9.17, 15) is 4.79 Å². The molecule has 2 aromatic carbocycles. The maximum Gasteiger partial charge on any atom is 0.258 e. The lowest BCUT2D eigenvalue weighted by atomic mass is 9.62. The van der Waals surface area contributed by atoms with Crippen molar-refractivity contribution < 1.29 is 14.4 Å². The van der Waals surface area contributed by atoms with Crippen LogP contribution in [-0.2, 0) is 20.4 Å². The fourth-order valence-electron chi connectivity index (χ4n) is 4.87. The van der Waals surface area contributed by atoms with Crippen molar-refractivity contribution in [3.05, 3.63) is 69.8 Å². The molecule has 4 heteroatoms. The van der Waals surface area contributed by atoms with E-state index in [0.29, 0.717) is 23.6 Å². The number of fused-ring (bicyclic) bond motifs is 1. The molecule has 3 rings (SSSR count). The van der Waals surface area contributed by atoms with Crippen molar-refractivity contribution in [3.63, 3.8) is 0 Å². The highest BCUT2D eigenvalue weighted by atomic mass is 16.6. The van der Waals surface area contributed by atoms with Crippen LogP contribution in [0.15, 0.2) is 41.6 Å². The summed E-state index contributed by atoms with van der Waals surface area (Å²) < 4.78 is 5.54. The smallest absolute Gasteiger partial charge is 0.258 e. The third-order valence-corrected chi connectivity index (χ3v) is 7.27. The average Bonchev–Trinajstić information content (AvgIpc) is 2.81. The Kier molecular flexibility index (Phi) is 8.22. The molecule has 0 N–H and O–H groups in total. The lowest BCUT2D eigenvalue weighted by molar-refractivity contribution is 0.103. The number of oxime groups is 1. The van der Waals surface area contributed by atoms with Crippen LogP contribution in [0.2, 0.25) is 0 Å². The Hall–Kier alpha value is -2.62. The number of nitrogens with zero attached hydrogens (tertiary/aromatic N) is 1. The molecule has 0 saturated carbocycles. The first kappa shape index (κ1) is 26.0. The van der Waals surface area contributed by atoms with E-state index in [4.69, 9.17) is 9.57 Å². The zero-order chi connectivity index (χ0) is 24.9. The summed E-state index contributed by atoms with van der Waals surface area (Å²) in [6, 6.07) is 11.9. The molecule has 0 amide bonds. The molecule has 0 spiro atoms. The Morgan fingerprint density at radius 3 is 2.15 bits per heavy atom. The van der Waals surface area contributed by atoms with Crippen LogP contribution in [-0.4, -0.2) is 25.4 Å². The summed E-state index contributed by atoms with van der Waals surface area (Å²) in [5.41, 5.74) is 5.78. The van der Waals surface area contributed by atoms with E-state index >= 15 is 0 Å². The number of carbonyl (C=O) groups is 1. The molecular formula is C30H41NO3. The molecular weight excluding hydrogens is 422 g/mol. The van der Waals surface area contributed by atoms with Crippen molar-refractivity contribution in [1.82, 2.24) is 0 Å². The van der Waals surface area contributed by atoms with E-state index in [2.05, 4.69) is 51.9 Å². The molecule has 1 aliphatic rings. The summed E-state index contributed by atoms with van der Waals surface area (Å²) in [6.45, 7) is 13.9. The molecule has 2 aromatic rings. The monoisotopic (exact) mass is 463 g/mol. The minimum atomic E-state index is -0.0113. The SMILES string of the molecule is CCCCCCON=C(OC)c1ccccc1C(=O)c1cc2c(cc1C)C(C)(C)CCC2(C)C. The largest absolute Gasteiger partial charge is 0.478 e. The van der Waals surface area contributed by atoms with Gasteiger partial charge < -0.3 is 9.57 Å². The van der Waals surface area contributed by atoms with E-state index in [1.54, 1.807) is 7.11 Å². The lowest BCUT2D eigenvalue weighted by Crippen LogP contribution is -2.34. The molecule has 0 saturated heterocycles. The first-order valence-electron chi connectivity index (χ1n) is 12.7. The third kappa shape index (κ3) is 5.54. The highest BCUT2D eigenvalue weighted by Crippen LogP contribution is 2.46. The standard InChI is InChI=1S/C30H41NO3/c1-8-9-10-13-18-34-31-28(33-7)23-15-12-11-14-22(23)27(32)24-20-26-25(19-21(24)2)29(3,4)16-17-30(26,5)6/h11-12,14-15,19-20H,8-10,13,16-18H2,1-7H3. The maximum atomic E-state index is 13.9. The predicted octanol–water partition coefficient (Wildman–Crippen LogP) is 7.48. The second kappa shape index (κ2) is 10.8. The van der Waals surface area contributed by atoms with Gasteiger partial charge in [0.15, 0.2) is 5.78 Å². The van der Waals surface area contributed by atoms with Gasteiger partial charge >= 0.3 is 0 Å². The second-order valence-electron chi connectivity index (χ2n) is 10.8. The Bertz CT molecular complexity index is 1050. The molecule has 0 radical (unpaired) electrons.